The molecule has 2 rings (SSSR count). The van der Waals surface area contributed by atoms with Gasteiger partial charge in [-0.2, -0.15) is 8.78 Å². The van der Waals surface area contributed by atoms with Crippen molar-refractivity contribution in [1.29, 1.82) is 0 Å². The highest BCUT2D eigenvalue weighted by atomic mass is 19.3. The van der Waals surface area contributed by atoms with Gasteiger partial charge in [0.05, 0.1) is 18.8 Å². The molecule has 0 bridgehead atoms. The summed E-state index contributed by atoms with van der Waals surface area (Å²) < 4.78 is 39.3. The Morgan fingerprint density at radius 1 is 1.50 bits per heavy atom. The molecule has 2 atom stereocenters. The van der Waals surface area contributed by atoms with Crippen LogP contribution in [-0.4, -0.2) is 42.0 Å². The molecule has 2 heterocycles. The number of hydrogen-bond donors (Lipinski definition) is 1. The van der Waals surface area contributed by atoms with E-state index in [-0.39, 0.29) is 23.6 Å². The molecule has 0 radical (unpaired) electrons. The molecule has 1 aromatic rings. The third-order valence-corrected chi connectivity index (χ3v) is 3.14. The van der Waals surface area contributed by atoms with Crippen LogP contribution in [0.15, 0.2) is 18.3 Å². The van der Waals surface area contributed by atoms with E-state index >= 15 is 0 Å². The van der Waals surface area contributed by atoms with Crippen molar-refractivity contribution in [3.05, 3.63) is 24.0 Å². The molecular weight excluding hydrogens is 298 g/mol. The predicted molar refractivity (Wildman–Crippen MR) is 72.7 cm³/mol. The van der Waals surface area contributed by atoms with Crippen LogP contribution < -0.4 is 10.1 Å². The highest BCUT2D eigenvalue weighted by molar-refractivity contribution is 5.92. The molecule has 8 heteroatoms. The lowest BCUT2D eigenvalue weighted by Gasteiger charge is -2.22. The van der Waals surface area contributed by atoms with Crippen molar-refractivity contribution in [3.63, 3.8) is 0 Å². The van der Waals surface area contributed by atoms with Gasteiger partial charge in [-0.1, -0.05) is 0 Å². The van der Waals surface area contributed by atoms with Crippen LogP contribution in [0, 0.1) is 0 Å². The number of halogens is 2. The van der Waals surface area contributed by atoms with E-state index in [4.69, 9.17) is 9.47 Å². The third-order valence-electron chi connectivity index (χ3n) is 3.14. The van der Waals surface area contributed by atoms with E-state index in [9.17, 15) is 13.6 Å². The first-order valence-electron chi connectivity index (χ1n) is 6.80. The number of alkyl halides is 2. The second-order valence-corrected chi connectivity index (χ2v) is 5.39. The Hall–Kier alpha value is -1.80. The molecule has 0 spiro atoms. The van der Waals surface area contributed by atoms with Gasteiger partial charge in [0.15, 0.2) is 5.79 Å². The zero-order valence-electron chi connectivity index (χ0n) is 12.5. The number of amides is 1. The minimum Gasteiger partial charge on any atom is -0.433 e. The summed E-state index contributed by atoms with van der Waals surface area (Å²) in [5, 5.41) is 2.74. The van der Waals surface area contributed by atoms with Gasteiger partial charge < -0.3 is 19.5 Å². The van der Waals surface area contributed by atoms with Crippen molar-refractivity contribution in [2.45, 2.75) is 45.3 Å². The lowest BCUT2D eigenvalue weighted by molar-refractivity contribution is -0.140. The van der Waals surface area contributed by atoms with Crippen molar-refractivity contribution in [1.82, 2.24) is 10.3 Å². The molecule has 6 nitrogen and oxygen atoms in total. The van der Waals surface area contributed by atoms with Crippen LogP contribution in [0.3, 0.4) is 0 Å². The summed E-state index contributed by atoms with van der Waals surface area (Å²) in [6, 6.07) is 2.29. The molecule has 1 N–H and O–H groups in total. The first-order chi connectivity index (χ1) is 10.3. The van der Waals surface area contributed by atoms with E-state index in [0.717, 1.165) is 6.20 Å². The smallest absolute Gasteiger partial charge is 0.387 e. The predicted octanol–water partition coefficient (Wildman–Crippen LogP) is 1.95. The minimum atomic E-state index is -2.93. The van der Waals surface area contributed by atoms with Gasteiger partial charge in [-0.25, -0.2) is 4.98 Å². The third kappa shape index (κ3) is 4.35. The number of hydrogen-bond acceptors (Lipinski definition) is 5. The van der Waals surface area contributed by atoms with E-state index in [1.807, 2.05) is 0 Å². The fourth-order valence-corrected chi connectivity index (χ4v) is 2.02. The van der Waals surface area contributed by atoms with Gasteiger partial charge in [0.1, 0.15) is 17.5 Å². The maximum absolute atomic E-state index is 12.0. The van der Waals surface area contributed by atoms with E-state index in [1.165, 1.54) is 12.1 Å². The van der Waals surface area contributed by atoms with Crippen molar-refractivity contribution in [2.24, 2.45) is 0 Å². The van der Waals surface area contributed by atoms with E-state index in [2.05, 4.69) is 15.0 Å². The molecular formula is C14H18F2N2O4. The number of rotatable bonds is 5. The highest BCUT2D eigenvalue weighted by Gasteiger charge is 2.36. The largest absolute Gasteiger partial charge is 0.433 e. The van der Waals surface area contributed by atoms with Gasteiger partial charge in [-0.15, -0.1) is 0 Å². The van der Waals surface area contributed by atoms with Crippen molar-refractivity contribution < 1.29 is 27.8 Å². The average Bonchev–Trinajstić information content (AvgIpc) is 2.79. The van der Waals surface area contributed by atoms with Gasteiger partial charge in [-0.05, 0) is 32.9 Å². The molecule has 1 aliphatic heterocycles. The van der Waals surface area contributed by atoms with Crippen LogP contribution >= 0.6 is 0 Å². The Bertz CT molecular complexity index is 522. The second kappa shape index (κ2) is 6.53. The molecule has 122 valence electrons. The standard InChI is InChI=1S/C14H18F2N2O4/c1-8(11-7-20-14(2,3)22-11)18-12(19)10-5-4-9(6-17-10)21-13(15)16/h4-6,8,11,13H,7H2,1-3H3,(H,18,19)/t8-,11+/m0/s1. The van der Waals surface area contributed by atoms with E-state index in [0.29, 0.717) is 6.61 Å². The van der Waals surface area contributed by atoms with E-state index < -0.39 is 18.3 Å². The monoisotopic (exact) mass is 316 g/mol. The molecule has 0 unspecified atom stereocenters. The number of carbonyl (C=O) groups excluding carboxylic acids is 1. The SMILES string of the molecule is C[C@H](NC(=O)c1ccc(OC(F)F)cn1)[C@H]1COC(C)(C)O1. The number of pyridine rings is 1. The molecule has 1 aliphatic rings. The minimum absolute atomic E-state index is 0.103. The summed E-state index contributed by atoms with van der Waals surface area (Å²) in [4.78, 5) is 15.8. The summed E-state index contributed by atoms with van der Waals surface area (Å²) in [7, 11) is 0. The van der Waals surface area contributed by atoms with Gasteiger partial charge in [0.25, 0.3) is 5.91 Å². The quantitative estimate of drug-likeness (QED) is 0.899. The van der Waals surface area contributed by atoms with Gasteiger partial charge in [-0.3, -0.25) is 4.79 Å². The number of ether oxygens (including phenoxy) is 3. The maximum atomic E-state index is 12.0. The lowest BCUT2D eigenvalue weighted by Crippen LogP contribution is -2.43. The fraction of sp³-hybridized carbons (Fsp3) is 0.571. The van der Waals surface area contributed by atoms with E-state index in [1.54, 1.807) is 20.8 Å². The normalized spacial score (nSPS) is 21.6. The van der Waals surface area contributed by atoms with Crippen molar-refractivity contribution in [3.8, 4) is 5.75 Å². The molecule has 0 aliphatic carbocycles. The molecule has 0 saturated carbocycles. The van der Waals surface area contributed by atoms with Crippen LogP contribution in [0.4, 0.5) is 8.78 Å². The summed E-state index contributed by atoms with van der Waals surface area (Å²) in [5.41, 5.74) is 0.103. The summed E-state index contributed by atoms with van der Waals surface area (Å²) >= 11 is 0. The van der Waals surface area contributed by atoms with Crippen molar-refractivity contribution in [2.75, 3.05) is 6.61 Å². The van der Waals surface area contributed by atoms with Crippen molar-refractivity contribution >= 4 is 5.91 Å². The maximum Gasteiger partial charge on any atom is 0.387 e. The number of nitrogens with zero attached hydrogens (tertiary/aromatic N) is 1. The second-order valence-electron chi connectivity index (χ2n) is 5.39. The Morgan fingerprint density at radius 3 is 2.73 bits per heavy atom. The molecule has 1 amide bonds. The van der Waals surface area contributed by atoms with Crippen LogP contribution in [0.1, 0.15) is 31.3 Å². The molecule has 0 aromatic carbocycles. The zero-order valence-corrected chi connectivity index (χ0v) is 12.5. The van der Waals surface area contributed by atoms with Crippen LogP contribution in [0.25, 0.3) is 0 Å². The van der Waals surface area contributed by atoms with Crippen LogP contribution in [0.2, 0.25) is 0 Å². The van der Waals surface area contributed by atoms with Crippen LogP contribution in [0.5, 0.6) is 5.75 Å². The van der Waals surface area contributed by atoms with Crippen LogP contribution in [-0.2, 0) is 9.47 Å². The Morgan fingerprint density at radius 2 is 2.23 bits per heavy atom. The summed E-state index contributed by atoms with van der Waals surface area (Å²) in [6.07, 6.45) is 0.810. The lowest BCUT2D eigenvalue weighted by atomic mass is 10.2. The molecule has 1 aromatic heterocycles. The number of nitrogens with one attached hydrogen (secondary N) is 1. The highest BCUT2D eigenvalue weighted by Crippen LogP contribution is 2.24. The zero-order chi connectivity index (χ0) is 16.3. The summed E-state index contributed by atoms with van der Waals surface area (Å²) in [5.74, 6) is -1.20. The fourth-order valence-electron chi connectivity index (χ4n) is 2.02. The Kier molecular flexibility index (Phi) is 4.92. The Labute approximate surface area is 126 Å². The first-order valence-corrected chi connectivity index (χ1v) is 6.80. The average molecular weight is 316 g/mol. The molecule has 1 fully saturated rings. The number of carbonyl (C=O) groups is 1. The summed E-state index contributed by atoms with van der Waals surface area (Å²) in [6.45, 7) is 2.84. The topological polar surface area (TPSA) is 69.7 Å². The molecule has 22 heavy (non-hydrogen) atoms. The first kappa shape index (κ1) is 16.6. The van der Waals surface area contributed by atoms with Gasteiger partial charge in [0, 0.05) is 0 Å². The molecule has 1 saturated heterocycles. The number of aromatic nitrogens is 1. The Balaban J connectivity index is 1.91. The van der Waals surface area contributed by atoms with Gasteiger partial charge >= 0.3 is 6.61 Å². The van der Waals surface area contributed by atoms with Gasteiger partial charge in [0.2, 0.25) is 0 Å².